The summed E-state index contributed by atoms with van der Waals surface area (Å²) in [7, 11) is 1.23. The lowest BCUT2D eigenvalue weighted by atomic mass is 10.2. The third kappa shape index (κ3) is 3.64. The fraction of sp³-hybridized carbons (Fsp3) is 0.167. The number of esters is 1. The molecule has 0 atom stereocenters. The van der Waals surface area contributed by atoms with Gasteiger partial charge in [0.15, 0.2) is 5.13 Å². The molecule has 0 bridgehead atoms. The van der Waals surface area contributed by atoms with E-state index in [1.54, 1.807) is 0 Å². The average Bonchev–Trinajstić information content (AvgIpc) is 2.87. The van der Waals surface area contributed by atoms with E-state index in [0.717, 1.165) is 23.5 Å². The first-order chi connectivity index (χ1) is 9.81. The fourth-order valence-corrected chi connectivity index (χ4v) is 2.45. The van der Waals surface area contributed by atoms with E-state index in [2.05, 4.69) is 15.0 Å². The Morgan fingerprint density at radius 1 is 1.43 bits per heavy atom. The van der Waals surface area contributed by atoms with Gasteiger partial charge in [0.1, 0.15) is 4.88 Å². The molecule has 0 unspecified atom stereocenters. The summed E-state index contributed by atoms with van der Waals surface area (Å²) >= 11 is 6.49. The zero-order valence-corrected chi connectivity index (χ0v) is 12.1. The summed E-state index contributed by atoms with van der Waals surface area (Å²) in [6.45, 7) is 0. The van der Waals surface area contributed by atoms with Crippen molar-refractivity contribution in [2.75, 3.05) is 12.4 Å². The molecule has 0 fully saturated rings. The van der Waals surface area contributed by atoms with Crippen LogP contribution < -0.4 is 5.32 Å². The first kappa shape index (κ1) is 15.6. The molecule has 4 nitrogen and oxygen atoms in total. The van der Waals surface area contributed by atoms with Crippen molar-refractivity contribution < 1.29 is 22.7 Å². The zero-order chi connectivity index (χ0) is 15.6. The number of rotatable bonds is 3. The number of halogens is 4. The summed E-state index contributed by atoms with van der Waals surface area (Å²) in [6, 6.07) is 3.40. The van der Waals surface area contributed by atoms with Crippen LogP contribution in [0.5, 0.6) is 0 Å². The molecule has 0 radical (unpaired) electrons. The van der Waals surface area contributed by atoms with Crippen LogP contribution in [0.4, 0.5) is 24.0 Å². The molecule has 1 heterocycles. The second kappa shape index (κ2) is 5.90. The van der Waals surface area contributed by atoms with Crippen LogP contribution in [0.2, 0.25) is 5.02 Å². The van der Waals surface area contributed by atoms with Crippen molar-refractivity contribution in [3.63, 3.8) is 0 Å². The van der Waals surface area contributed by atoms with Gasteiger partial charge in [-0.15, -0.1) is 0 Å². The van der Waals surface area contributed by atoms with Gasteiger partial charge >= 0.3 is 12.1 Å². The smallest absolute Gasteiger partial charge is 0.417 e. The van der Waals surface area contributed by atoms with E-state index in [-0.39, 0.29) is 20.7 Å². The van der Waals surface area contributed by atoms with E-state index in [1.807, 2.05) is 0 Å². The van der Waals surface area contributed by atoms with E-state index < -0.39 is 17.7 Å². The number of hydrogen-bond acceptors (Lipinski definition) is 5. The molecule has 1 aromatic carbocycles. The maximum atomic E-state index is 12.7. The Bertz CT molecular complexity index is 673. The molecule has 1 aromatic heterocycles. The first-order valence-corrected chi connectivity index (χ1v) is 6.68. The van der Waals surface area contributed by atoms with E-state index in [4.69, 9.17) is 11.6 Å². The number of benzene rings is 1. The van der Waals surface area contributed by atoms with Crippen LogP contribution in [-0.4, -0.2) is 18.1 Å². The molecule has 0 amide bonds. The fourth-order valence-electron chi connectivity index (χ4n) is 1.47. The van der Waals surface area contributed by atoms with Gasteiger partial charge < -0.3 is 10.1 Å². The van der Waals surface area contributed by atoms with Crippen molar-refractivity contribution in [3.05, 3.63) is 39.9 Å². The standard InChI is InChI=1S/C12H8ClF3N2O2S/c1-20-10(19)9-5-17-11(21-9)18-6-2-3-8(13)7(4-6)12(14,15)16/h2-5H,1H3,(H,17,18). The number of ether oxygens (including phenoxy) is 1. The zero-order valence-electron chi connectivity index (χ0n) is 10.5. The van der Waals surface area contributed by atoms with Gasteiger partial charge in [0.05, 0.1) is 23.9 Å². The molecule has 21 heavy (non-hydrogen) atoms. The van der Waals surface area contributed by atoms with Crippen LogP contribution in [0.1, 0.15) is 15.2 Å². The third-order valence-corrected chi connectivity index (χ3v) is 3.64. The predicted molar refractivity (Wildman–Crippen MR) is 73.2 cm³/mol. The van der Waals surface area contributed by atoms with E-state index in [0.29, 0.717) is 0 Å². The lowest BCUT2D eigenvalue weighted by Gasteiger charge is -2.11. The molecule has 2 rings (SSSR count). The van der Waals surface area contributed by atoms with Gasteiger partial charge in [-0.1, -0.05) is 22.9 Å². The minimum atomic E-state index is -4.55. The van der Waals surface area contributed by atoms with E-state index in [9.17, 15) is 18.0 Å². The predicted octanol–water partition coefficient (Wildman–Crippen LogP) is 4.35. The minimum Gasteiger partial charge on any atom is -0.465 e. The summed E-state index contributed by atoms with van der Waals surface area (Å²) in [6.07, 6.45) is -3.27. The van der Waals surface area contributed by atoms with Crippen LogP contribution in [0, 0.1) is 0 Å². The van der Waals surface area contributed by atoms with Gasteiger partial charge in [0.25, 0.3) is 0 Å². The lowest BCUT2D eigenvalue weighted by molar-refractivity contribution is -0.137. The molecule has 0 spiro atoms. The second-order valence-electron chi connectivity index (χ2n) is 3.84. The topological polar surface area (TPSA) is 51.2 Å². The van der Waals surface area contributed by atoms with Gasteiger partial charge in [0, 0.05) is 5.69 Å². The van der Waals surface area contributed by atoms with Gasteiger partial charge in [-0.05, 0) is 18.2 Å². The highest BCUT2D eigenvalue weighted by molar-refractivity contribution is 7.17. The minimum absolute atomic E-state index is 0.164. The molecule has 2 aromatic rings. The molecule has 112 valence electrons. The maximum Gasteiger partial charge on any atom is 0.417 e. The lowest BCUT2D eigenvalue weighted by Crippen LogP contribution is -2.06. The summed E-state index contributed by atoms with van der Waals surface area (Å²) in [4.78, 5) is 15.4. The Morgan fingerprint density at radius 2 is 2.14 bits per heavy atom. The number of methoxy groups -OCH3 is 1. The van der Waals surface area contributed by atoms with Gasteiger partial charge in [-0.3, -0.25) is 0 Å². The number of thiazole rings is 1. The number of hydrogen-bond donors (Lipinski definition) is 1. The number of carbonyl (C=O) groups is 1. The Hall–Kier alpha value is -1.80. The van der Waals surface area contributed by atoms with Gasteiger partial charge in [0.2, 0.25) is 0 Å². The average molecular weight is 337 g/mol. The molecule has 0 aliphatic heterocycles. The Balaban J connectivity index is 2.24. The maximum absolute atomic E-state index is 12.7. The largest absolute Gasteiger partial charge is 0.465 e. The summed E-state index contributed by atoms with van der Waals surface area (Å²) in [5, 5.41) is 2.57. The molecule has 9 heteroatoms. The van der Waals surface area contributed by atoms with Gasteiger partial charge in [-0.2, -0.15) is 13.2 Å². The number of aromatic nitrogens is 1. The van der Waals surface area contributed by atoms with Crippen LogP contribution in [0.25, 0.3) is 0 Å². The second-order valence-corrected chi connectivity index (χ2v) is 5.28. The van der Waals surface area contributed by atoms with Crippen LogP contribution >= 0.6 is 22.9 Å². The monoisotopic (exact) mass is 336 g/mol. The number of alkyl halides is 3. The molecular formula is C12H8ClF3N2O2S. The van der Waals surface area contributed by atoms with Crippen LogP contribution in [-0.2, 0) is 10.9 Å². The molecule has 0 saturated heterocycles. The normalized spacial score (nSPS) is 11.3. The molecular weight excluding hydrogens is 329 g/mol. The van der Waals surface area contributed by atoms with Crippen LogP contribution in [0.3, 0.4) is 0 Å². The molecule has 1 N–H and O–H groups in total. The van der Waals surface area contributed by atoms with E-state index >= 15 is 0 Å². The Labute approximate surface area is 126 Å². The van der Waals surface area contributed by atoms with Crippen LogP contribution in [0.15, 0.2) is 24.4 Å². The number of anilines is 2. The Kier molecular flexibility index (Phi) is 4.38. The highest BCUT2D eigenvalue weighted by Gasteiger charge is 2.33. The summed E-state index contributed by atoms with van der Waals surface area (Å²) in [5.74, 6) is -0.562. The number of carbonyl (C=O) groups excluding carboxylic acids is 1. The van der Waals surface area contributed by atoms with E-state index in [1.165, 1.54) is 19.4 Å². The molecule has 0 aliphatic rings. The van der Waals surface area contributed by atoms with Crippen molar-refractivity contribution in [3.8, 4) is 0 Å². The molecule has 0 saturated carbocycles. The molecule has 0 aliphatic carbocycles. The highest BCUT2D eigenvalue weighted by atomic mass is 35.5. The van der Waals surface area contributed by atoms with Crippen molar-refractivity contribution in [1.82, 2.24) is 4.98 Å². The first-order valence-electron chi connectivity index (χ1n) is 5.49. The Morgan fingerprint density at radius 3 is 2.76 bits per heavy atom. The SMILES string of the molecule is COC(=O)c1cnc(Nc2ccc(Cl)c(C(F)(F)F)c2)s1. The van der Waals surface area contributed by atoms with Crippen molar-refractivity contribution in [2.45, 2.75) is 6.18 Å². The quantitative estimate of drug-likeness (QED) is 0.847. The van der Waals surface area contributed by atoms with Crippen molar-refractivity contribution in [2.24, 2.45) is 0 Å². The summed E-state index contributed by atoms with van der Waals surface area (Å²) < 4.78 is 42.7. The number of nitrogens with zero attached hydrogens (tertiary/aromatic N) is 1. The third-order valence-electron chi connectivity index (χ3n) is 2.42. The van der Waals surface area contributed by atoms with Crippen molar-refractivity contribution >= 4 is 39.7 Å². The summed E-state index contributed by atoms with van der Waals surface area (Å²) in [5.41, 5.74) is -0.781. The highest BCUT2D eigenvalue weighted by Crippen LogP contribution is 2.37. The van der Waals surface area contributed by atoms with Gasteiger partial charge in [-0.25, -0.2) is 9.78 Å². The van der Waals surface area contributed by atoms with Crippen molar-refractivity contribution in [1.29, 1.82) is 0 Å². The number of nitrogens with one attached hydrogen (secondary N) is 1.